The van der Waals surface area contributed by atoms with Crippen LogP contribution in [-0.4, -0.2) is 37.1 Å². The Labute approximate surface area is 176 Å². The summed E-state index contributed by atoms with van der Waals surface area (Å²) in [7, 11) is -1.79. The van der Waals surface area contributed by atoms with Crippen molar-refractivity contribution in [3.05, 3.63) is 31.3 Å². The van der Waals surface area contributed by atoms with Crippen LogP contribution < -0.4 is 11.2 Å². The van der Waals surface area contributed by atoms with Crippen molar-refractivity contribution >= 4 is 35.8 Å². The first-order valence-corrected chi connectivity index (χ1v) is 13.7. The number of esters is 1. The number of H-pyrrole nitrogens is 1. The molecule has 2 aromatic rings. The van der Waals surface area contributed by atoms with Crippen molar-refractivity contribution in [1.29, 1.82) is 0 Å². The molecule has 9 heteroatoms. The maximum Gasteiger partial charge on any atom is 0.348 e. The van der Waals surface area contributed by atoms with Crippen LogP contribution in [0.3, 0.4) is 0 Å². The molecule has 0 aliphatic rings. The summed E-state index contributed by atoms with van der Waals surface area (Å²) in [6.07, 6.45) is 1.43. The number of carbonyl (C=O) groups excluding carboxylic acids is 1. The predicted octanol–water partition coefficient (Wildman–Crippen LogP) is 4.04. The lowest BCUT2D eigenvalue weighted by Gasteiger charge is -2.36. The van der Waals surface area contributed by atoms with Crippen molar-refractivity contribution in [2.75, 3.05) is 13.2 Å². The summed E-state index contributed by atoms with van der Waals surface area (Å²) in [5, 5.41) is 0.536. The number of hydrogen-bond donors (Lipinski definition) is 1. The van der Waals surface area contributed by atoms with Gasteiger partial charge in [-0.15, -0.1) is 11.3 Å². The van der Waals surface area contributed by atoms with E-state index in [1.165, 1.54) is 4.57 Å². The summed E-state index contributed by atoms with van der Waals surface area (Å²) in [6.45, 7) is 15.6. The van der Waals surface area contributed by atoms with Gasteiger partial charge >= 0.3 is 11.7 Å². The number of aromatic amines is 1. The molecule has 0 saturated heterocycles. The number of aromatic nitrogens is 2. The van der Waals surface area contributed by atoms with Gasteiger partial charge in [0.15, 0.2) is 8.32 Å². The van der Waals surface area contributed by atoms with Gasteiger partial charge in [0.1, 0.15) is 9.71 Å². The zero-order chi connectivity index (χ0) is 22.0. The van der Waals surface area contributed by atoms with E-state index >= 15 is 0 Å². The lowest BCUT2D eigenvalue weighted by atomic mass is 10.2. The first kappa shape index (κ1) is 23.6. The average molecular weight is 441 g/mol. The summed E-state index contributed by atoms with van der Waals surface area (Å²) in [5.41, 5.74) is -0.262. The highest BCUT2D eigenvalue weighted by molar-refractivity contribution is 7.20. The minimum Gasteiger partial charge on any atom is -0.462 e. The maximum absolute atomic E-state index is 12.9. The topological polar surface area (TPSA) is 90.4 Å². The van der Waals surface area contributed by atoms with Crippen LogP contribution in [0.5, 0.6) is 0 Å². The highest BCUT2D eigenvalue weighted by Gasteiger charge is 2.36. The summed E-state index contributed by atoms with van der Waals surface area (Å²) >= 11 is 1.09. The largest absolute Gasteiger partial charge is 0.462 e. The number of rotatable bonds is 8. The Morgan fingerprint density at radius 2 is 1.86 bits per heavy atom. The Kier molecular flexibility index (Phi) is 7.29. The van der Waals surface area contributed by atoms with E-state index in [-0.39, 0.29) is 17.2 Å². The average Bonchev–Trinajstić information content (AvgIpc) is 2.92. The van der Waals surface area contributed by atoms with Crippen LogP contribution in [0.2, 0.25) is 18.1 Å². The van der Waals surface area contributed by atoms with E-state index in [1.54, 1.807) is 13.8 Å². The van der Waals surface area contributed by atoms with Crippen LogP contribution >= 0.6 is 11.3 Å². The molecule has 1 N–H and O–H groups in total. The van der Waals surface area contributed by atoms with Crippen LogP contribution in [0.25, 0.3) is 10.2 Å². The van der Waals surface area contributed by atoms with E-state index in [4.69, 9.17) is 9.16 Å². The molecule has 2 heterocycles. The molecular formula is C20H32N2O5SSi. The monoisotopic (exact) mass is 440 g/mol. The molecule has 0 aliphatic heterocycles. The number of fused-ring (bicyclic) bond motifs is 1. The number of nitrogens with one attached hydrogen (secondary N) is 1. The molecular weight excluding hydrogens is 408 g/mol. The summed E-state index contributed by atoms with van der Waals surface area (Å²) in [5.74, 6) is -0.472. The molecule has 2 aromatic heterocycles. The van der Waals surface area contributed by atoms with E-state index in [1.807, 2.05) is 0 Å². The molecule has 0 spiro atoms. The Balaban J connectivity index is 2.14. The van der Waals surface area contributed by atoms with Gasteiger partial charge in [-0.2, -0.15) is 0 Å². The number of ether oxygens (including phenoxy) is 1. The quantitative estimate of drug-likeness (QED) is 0.380. The number of unbranched alkanes of at least 4 members (excludes halogenated alkanes) is 1. The van der Waals surface area contributed by atoms with Crippen LogP contribution in [-0.2, 0) is 15.7 Å². The van der Waals surface area contributed by atoms with Crippen molar-refractivity contribution in [3.8, 4) is 0 Å². The third kappa shape index (κ3) is 5.07. The van der Waals surface area contributed by atoms with Crippen LogP contribution in [0.1, 0.15) is 55.8 Å². The van der Waals surface area contributed by atoms with Gasteiger partial charge in [-0.25, -0.2) is 9.59 Å². The maximum atomic E-state index is 12.9. The van der Waals surface area contributed by atoms with E-state index in [0.29, 0.717) is 40.2 Å². The number of carbonyl (C=O) groups is 1. The molecule has 0 unspecified atom stereocenters. The second kappa shape index (κ2) is 8.97. The molecule has 0 fully saturated rings. The zero-order valence-corrected chi connectivity index (χ0v) is 20.2. The van der Waals surface area contributed by atoms with E-state index < -0.39 is 20.0 Å². The molecule has 0 amide bonds. The standard InChI is InChI=1S/C20H32N2O5SSi/c1-8-26-18(24)15-13(2)14-16(28-15)21-19(25)22(17(14)23)11-9-10-12-27-29(6,7)20(3,4)5/h8-12H2,1-7H3,(H,21,25). The number of aryl methyl sites for hydroxylation is 1. The molecule has 0 aromatic carbocycles. The molecule has 0 saturated carbocycles. The molecule has 0 aliphatic carbocycles. The van der Waals surface area contributed by atoms with Gasteiger partial charge < -0.3 is 9.16 Å². The summed E-state index contributed by atoms with van der Waals surface area (Å²) in [6, 6.07) is 0. The lowest BCUT2D eigenvalue weighted by Crippen LogP contribution is -2.41. The van der Waals surface area contributed by atoms with E-state index in [0.717, 1.165) is 17.8 Å². The number of nitrogens with zero attached hydrogens (tertiary/aromatic N) is 1. The van der Waals surface area contributed by atoms with E-state index in [2.05, 4.69) is 38.8 Å². The van der Waals surface area contributed by atoms with Crippen LogP contribution in [0.15, 0.2) is 9.59 Å². The fourth-order valence-electron chi connectivity index (χ4n) is 2.76. The minimum atomic E-state index is -1.79. The van der Waals surface area contributed by atoms with Crippen LogP contribution in [0, 0.1) is 6.92 Å². The highest BCUT2D eigenvalue weighted by Crippen LogP contribution is 2.36. The Morgan fingerprint density at radius 1 is 1.21 bits per heavy atom. The van der Waals surface area contributed by atoms with Gasteiger partial charge in [0.05, 0.1) is 12.0 Å². The fourth-order valence-corrected chi connectivity index (χ4v) is 4.93. The summed E-state index contributed by atoms with van der Waals surface area (Å²) in [4.78, 5) is 40.9. The minimum absolute atomic E-state index is 0.152. The van der Waals surface area contributed by atoms with Crippen molar-refractivity contribution in [1.82, 2.24) is 9.55 Å². The van der Waals surface area contributed by atoms with Crippen LogP contribution in [0.4, 0.5) is 0 Å². The highest BCUT2D eigenvalue weighted by atomic mass is 32.1. The molecule has 0 atom stereocenters. The predicted molar refractivity (Wildman–Crippen MR) is 120 cm³/mol. The third-order valence-corrected chi connectivity index (χ3v) is 11.3. The van der Waals surface area contributed by atoms with Gasteiger partial charge in [0, 0.05) is 13.2 Å². The van der Waals surface area contributed by atoms with Crippen molar-refractivity contribution in [2.45, 2.75) is 72.1 Å². The van der Waals surface area contributed by atoms with Gasteiger partial charge in [0.25, 0.3) is 5.56 Å². The Bertz CT molecular complexity index is 997. The summed E-state index contributed by atoms with van der Waals surface area (Å²) < 4.78 is 12.4. The molecule has 0 radical (unpaired) electrons. The van der Waals surface area contributed by atoms with Gasteiger partial charge in [-0.05, 0) is 50.4 Å². The molecule has 29 heavy (non-hydrogen) atoms. The van der Waals surface area contributed by atoms with E-state index in [9.17, 15) is 14.4 Å². The van der Waals surface area contributed by atoms with Gasteiger partial charge in [-0.3, -0.25) is 14.3 Å². The smallest absolute Gasteiger partial charge is 0.348 e. The SMILES string of the molecule is CCOC(=O)c1sc2[nH]c(=O)n(CCCCO[Si](C)(C)C(C)(C)C)c(=O)c2c1C. The number of thiophene rings is 1. The van der Waals surface area contributed by atoms with Crippen molar-refractivity contribution in [3.63, 3.8) is 0 Å². The first-order valence-electron chi connectivity index (χ1n) is 9.98. The molecule has 162 valence electrons. The zero-order valence-electron chi connectivity index (χ0n) is 18.4. The fraction of sp³-hybridized carbons (Fsp3) is 0.650. The van der Waals surface area contributed by atoms with Gasteiger partial charge in [-0.1, -0.05) is 20.8 Å². The second-order valence-electron chi connectivity index (χ2n) is 8.68. The Hall–Kier alpha value is -1.71. The first-order chi connectivity index (χ1) is 13.4. The van der Waals surface area contributed by atoms with Crippen molar-refractivity contribution < 1.29 is 14.0 Å². The van der Waals surface area contributed by atoms with Crippen molar-refractivity contribution in [2.24, 2.45) is 0 Å². The normalized spacial score (nSPS) is 12.5. The lowest BCUT2D eigenvalue weighted by molar-refractivity contribution is 0.0531. The third-order valence-electron chi connectivity index (χ3n) is 5.58. The molecule has 0 bridgehead atoms. The molecule has 7 nitrogen and oxygen atoms in total. The Morgan fingerprint density at radius 3 is 2.45 bits per heavy atom. The molecule has 2 rings (SSSR count). The van der Waals surface area contributed by atoms with Gasteiger partial charge in [0.2, 0.25) is 0 Å². The second-order valence-corrected chi connectivity index (χ2v) is 14.5. The number of hydrogen-bond acceptors (Lipinski definition) is 6.